The molecule has 0 spiro atoms. The van der Waals surface area contributed by atoms with E-state index in [1.54, 1.807) is 13.1 Å². The SMILES string of the molecule is C[C@H](Sc1ncc2ccccn12)C(=O)Nc1ncc(Cl)cc1Cl. The first-order chi connectivity index (χ1) is 11.0. The maximum atomic E-state index is 12.3. The summed E-state index contributed by atoms with van der Waals surface area (Å²) >= 11 is 13.2. The van der Waals surface area contributed by atoms with Crippen LogP contribution in [0, 0.1) is 0 Å². The van der Waals surface area contributed by atoms with Gasteiger partial charge in [-0.25, -0.2) is 9.97 Å². The molecule has 0 fully saturated rings. The number of halogens is 2. The Labute approximate surface area is 147 Å². The van der Waals surface area contributed by atoms with Crippen LogP contribution in [-0.2, 0) is 4.79 Å². The highest BCUT2D eigenvalue weighted by Crippen LogP contribution is 2.26. The summed E-state index contributed by atoms with van der Waals surface area (Å²) in [6, 6.07) is 7.35. The summed E-state index contributed by atoms with van der Waals surface area (Å²) in [5.74, 6) is 0.0842. The lowest BCUT2D eigenvalue weighted by atomic mass is 10.4. The molecule has 118 valence electrons. The van der Waals surface area contributed by atoms with Gasteiger partial charge in [-0.05, 0) is 25.1 Å². The largest absolute Gasteiger partial charge is 0.308 e. The highest BCUT2D eigenvalue weighted by Gasteiger charge is 2.18. The van der Waals surface area contributed by atoms with E-state index >= 15 is 0 Å². The van der Waals surface area contributed by atoms with E-state index in [1.807, 2.05) is 28.8 Å². The second kappa shape index (κ2) is 6.78. The Morgan fingerprint density at radius 1 is 1.30 bits per heavy atom. The van der Waals surface area contributed by atoms with E-state index in [0.29, 0.717) is 15.9 Å². The van der Waals surface area contributed by atoms with Crippen LogP contribution in [-0.4, -0.2) is 25.5 Å². The van der Waals surface area contributed by atoms with Crippen LogP contribution in [0.5, 0.6) is 0 Å². The van der Waals surface area contributed by atoms with Gasteiger partial charge in [-0.15, -0.1) is 0 Å². The van der Waals surface area contributed by atoms with Gasteiger partial charge in [0.25, 0.3) is 0 Å². The highest BCUT2D eigenvalue weighted by atomic mass is 35.5. The van der Waals surface area contributed by atoms with E-state index in [1.165, 1.54) is 24.0 Å². The molecule has 0 saturated carbocycles. The number of thioether (sulfide) groups is 1. The van der Waals surface area contributed by atoms with E-state index in [0.717, 1.165) is 10.7 Å². The van der Waals surface area contributed by atoms with Gasteiger partial charge < -0.3 is 5.32 Å². The third kappa shape index (κ3) is 3.60. The number of rotatable bonds is 4. The first-order valence-electron chi connectivity index (χ1n) is 6.75. The monoisotopic (exact) mass is 366 g/mol. The number of hydrogen-bond acceptors (Lipinski definition) is 4. The minimum absolute atomic E-state index is 0.209. The molecule has 1 amide bonds. The van der Waals surface area contributed by atoms with Gasteiger partial charge >= 0.3 is 0 Å². The van der Waals surface area contributed by atoms with Crippen molar-refractivity contribution in [3.63, 3.8) is 0 Å². The molecule has 3 aromatic rings. The number of pyridine rings is 2. The van der Waals surface area contributed by atoms with Crippen molar-refractivity contribution in [3.8, 4) is 0 Å². The molecular formula is C15H12Cl2N4OS. The summed E-state index contributed by atoms with van der Waals surface area (Å²) in [7, 11) is 0. The molecular weight excluding hydrogens is 355 g/mol. The molecule has 0 bridgehead atoms. The summed E-state index contributed by atoms with van der Waals surface area (Å²) in [6.45, 7) is 1.80. The van der Waals surface area contributed by atoms with Crippen molar-refractivity contribution in [2.75, 3.05) is 5.32 Å². The van der Waals surface area contributed by atoms with Crippen LogP contribution in [0.4, 0.5) is 5.82 Å². The Balaban J connectivity index is 1.72. The molecule has 0 saturated heterocycles. The van der Waals surface area contributed by atoms with E-state index in [2.05, 4.69) is 15.3 Å². The van der Waals surface area contributed by atoms with Crippen molar-refractivity contribution >= 4 is 52.2 Å². The molecule has 0 aromatic carbocycles. The van der Waals surface area contributed by atoms with Crippen LogP contribution in [0.1, 0.15) is 6.92 Å². The standard InChI is InChI=1S/C15H12Cl2N4OS/c1-9(14(22)20-13-12(17)6-10(16)7-18-13)23-15-19-8-11-4-2-3-5-21(11)15/h2-9H,1H3,(H,18,20,22)/t9-/m0/s1. The summed E-state index contributed by atoms with van der Waals surface area (Å²) in [5.41, 5.74) is 0.977. The molecule has 3 heterocycles. The first kappa shape index (κ1) is 16.1. The molecule has 23 heavy (non-hydrogen) atoms. The maximum Gasteiger partial charge on any atom is 0.238 e. The minimum atomic E-state index is -0.366. The van der Waals surface area contributed by atoms with Crippen LogP contribution < -0.4 is 5.32 Å². The summed E-state index contributed by atoms with van der Waals surface area (Å²) < 4.78 is 1.93. The molecule has 1 N–H and O–H groups in total. The number of hydrogen-bond donors (Lipinski definition) is 1. The number of carbonyl (C=O) groups is 1. The van der Waals surface area contributed by atoms with Crippen molar-refractivity contribution < 1.29 is 4.79 Å². The zero-order valence-electron chi connectivity index (χ0n) is 12.0. The van der Waals surface area contributed by atoms with Crippen molar-refractivity contribution in [1.29, 1.82) is 0 Å². The van der Waals surface area contributed by atoms with Crippen molar-refractivity contribution in [2.24, 2.45) is 0 Å². The fourth-order valence-electron chi connectivity index (χ4n) is 1.94. The fourth-order valence-corrected chi connectivity index (χ4v) is 3.25. The lowest BCUT2D eigenvalue weighted by Crippen LogP contribution is -2.23. The zero-order chi connectivity index (χ0) is 16.4. The second-order valence-corrected chi connectivity index (χ2v) is 6.92. The zero-order valence-corrected chi connectivity index (χ0v) is 14.4. The number of amides is 1. The molecule has 8 heteroatoms. The van der Waals surface area contributed by atoms with Gasteiger partial charge in [0, 0.05) is 12.4 Å². The number of nitrogens with one attached hydrogen (secondary N) is 1. The topological polar surface area (TPSA) is 59.3 Å². The van der Waals surface area contributed by atoms with Crippen molar-refractivity contribution in [2.45, 2.75) is 17.3 Å². The molecule has 3 rings (SSSR count). The van der Waals surface area contributed by atoms with Gasteiger partial charge in [0.1, 0.15) is 0 Å². The Morgan fingerprint density at radius 3 is 2.91 bits per heavy atom. The van der Waals surface area contributed by atoms with Gasteiger partial charge in [0.15, 0.2) is 11.0 Å². The van der Waals surface area contributed by atoms with Crippen LogP contribution in [0.3, 0.4) is 0 Å². The molecule has 0 aliphatic heterocycles. The normalized spacial score (nSPS) is 12.3. The second-order valence-electron chi connectivity index (χ2n) is 4.77. The third-order valence-corrected chi connectivity index (χ3v) is 4.68. The molecule has 5 nitrogen and oxygen atoms in total. The van der Waals surface area contributed by atoms with E-state index in [-0.39, 0.29) is 11.2 Å². The van der Waals surface area contributed by atoms with Crippen LogP contribution in [0.25, 0.3) is 5.52 Å². The first-order valence-corrected chi connectivity index (χ1v) is 8.39. The Morgan fingerprint density at radius 2 is 2.13 bits per heavy atom. The lowest BCUT2D eigenvalue weighted by Gasteiger charge is -2.11. The van der Waals surface area contributed by atoms with Crippen LogP contribution >= 0.6 is 35.0 Å². The smallest absolute Gasteiger partial charge is 0.238 e. The van der Waals surface area contributed by atoms with Crippen molar-refractivity contribution in [1.82, 2.24) is 14.4 Å². The average Bonchev–Trinajstić information content (AvgIpc) is 2.93. The van der Waals surface area contributed by atoms with Gasteiger partial charge in [-0.1, -0.05) is 41.0 Å². The Bertz CT molecular complexity index is 868. The number of nitrogens with zero attached hydrogens (tertiary/aromatic N) is 3. The van der Waals surface area contributed by atoms with Crippen molar-refractivity contribution in [3.05, 3.63) is 52.9 Å². The summed E-state index contributed by atoms with van der Waals surface area (Å²) in [6.07, 6.45) is 5.11. The summed E-state index contributed by atoms with van der Waals surface area (Å²) in [4.78, 5) is 20.7. The lowest BCUT2D eigenvalue weighted by molar-refractivity contribution is -0.115. The number of carbonyl (C=O) groups excluding carboxylic acids is 1. The minimum Gasteiger partial charge on any atom is -0.308 e. The Kier molecular flexibility index (Phi) is 4.75. The predicted molar refractivity (Wildman–Crippen MR) is 93.4 cm³/mol. The van der Waals surface area contributed by atoms with E-state index < -0.39 is 0 Å². The maximum absolute atomic E-state index is 12.3. The number of aromatic nitrogens is 3. The van der Waals surface area contributed by atoms with Gasteiger partial charge in [-0.3, -0.25) is 9.20 Å². The molecule has 3 aromatic heterocycles. The third-order valence-electron chi connectivity index (χ3n) is 3.11. The van der Waals surface area contributed by atoms with Gasteiger partial charge in [0.2, 0.25) is 5.91 Å². The predicted octanol–water partition coefficient (Wildman–Crippen LogP) is 4.16. The fraction of sp³-hybridized carbons (Fsp3) is 0.133. The van der Waals surface area contributed by atoms with Gasteiger partial charge in [-0.2, -0.15) is 0 Å². The number of imidazole rings is 1. The number of anilines is 1. The average molecular weight is 367 g/mol. The molecule has 0 aliphatic rings. The van der Waals surface area contributed by atoms with Crippen LogP contribution in [0.2, 0.25) is 10.0 Å². The van der Waals surface area contributed by atoms with E-state index in [4.69, 9.17) is 23.2 Å². The quantitative estimate of drug-likeness (QED) is 0.704. The van der Waals surface area contributed by atoms with Crippen LogP contribution in [0.15, 0.2) is 48.0 Å². The Hall–Kier alpha value is -1.76. The summed E-state index contributed by atoms with van der Waals surface area (Å²) in [5, 5.41) is 3.80. The molecule has 1 atom stereocenters. The number of fused-ring (bicyclic) bond motifs is 1. The van der Waals surface area contributed by atoms with Gasteiger partial charge in [0.05, 0.1) is 27.0 Å². The molecule has 0 radical (unpaired) electrons. The molecule has 0 aliphatic carbocycles. The molecule has 0 unspecified atom stereocenters. The highest BCUT2D eigenvalue weighted by molar-refractivity contribution is 8.00. The van der Waals surface area contributed by atoms with E-state index in [9.17, 15) is 4.79 Å².